The Morgan fingerprint density at radius 3 is 3.05 bits per heavy atom. The highest BCUT2D eigenvalue weighted by Gasteiger charge is 2.30. The molecule has 2 aliphatic rings. The number of tetrazole rings is 1. The number of nitrogens with zero attached hydrogens (tertiary/aromatic N) is 6. The number of aryl methyl sites for hydroxylation is 1. The van der Waals surface area contributed by atoms with Crippen molar-refractivity contribution in [2.45, 2.75) is 6.10 Å². The number of hydrogen-bond donors (Lipinski definition) is 1. The van der Waals surface area contributed by atoms with E-state index < -0.39 is 0 Å². The summed E-state index contributed by atoms with van der Waals surface area (Å²) < 4.78 is 7.20. The molecular weight excluding hydrogens is 290 g/mol. The third kappa shape index (κ3) is 3.22. The zero-order chi connectivity index (χ0) is 15.5. The molecule has 2 amide bonds. The topological polar surface area (TPSA) is 105 Å². The first-order valence-electron chi connectivity index (χ1n) is 7.24. The minimum Gasteiger partial charge on any atom is -0.366 e. The molecule has 120 valence electrons. The van der Waals surface area contributed by atoms with Crippen LogP contribution >= 0.6 is 0 Å². The van der Waals surface area contributed by atoms with Crippen LogP contribution in [0.25, 0.3) is 0 Å². The third-order valence-electron chi connectivity index (χ3n) is 3.84. The molecule has 1 N–H and O–H groups in total. The molecule has 3 rings (SSSR count). The number of aromatic nitrogens is 4. The molecule has 0 bridgehead atoms. The van der Waals surface area contributed by atoms with Crippen molar-refractivity contribution in [3.8, 4) is 0 Å². The summed E-state index contributed by atoms with van der Waals surface area (Å²) in [6.07, 6.45) is -0.317. The zero-order valence-electron chi connectivity index (χ0n) is 12.4. The van der Waals surface area contributed by atoms with Gasteiger partial charge in [0.05, 0.1) is 26.2 Å². The lowest BCUT2D eigenvalue weighted by molar-refractivity contribution is -0.141. The van der Waals surface area contributed by atoms with Gasteiger partial charge >= 0.3 is 0 Å². The van der Waals surface area contributed by atoms with Crippen molar-refractivity contribution in [3.05, 3.63) is 5.82 Å². The molecule has 2 fully saturated rings. The Bertz CT molecular complexity index is 561. The molecule has 2 aliphatic heterocycles. The van der Waals surface area contributed by atoms with Gasteiger partial charge in [-0.3, -0.25) is 14.5 Å². The fourth-order valence-corrected chi connectivity index (χ4v) is 2.66. The smallest absolute Gasteiger partial charge is 0.236 e. The Labute approximate surface area is 127 Å². The van der Waals surface area contributed by atoms with Gasteiger partial charge in [0.2, 0.25) is 11.8 Å². The van der Waals surface area contributed by atoms with E-state index in [1.807, 2.05) is 4.90 Å². The average Bonchev–Trinajstić information content (AvgIpc) is 2.93. The van der Waals surface area contributed by atoms with Crippen LogP contribution in [-0.4, -0.2) is 87.7 Å². The molecule has 0 radical (unpaired) electrons. The van der Waals surface area contributed by atoms with Gasteiger partial charge in [0.1, 0.15) is 6.10 Å². The minimum atomic E-state index is -0.317. The number of rotatable bonds is 3. The lowest BCUT2D eigenvalue weighted by atomic mass is 10.2. The highest BCUT2D eigenvalue weighted by Crippen LogP contribution is 2.19. The summed E-state index contributed by atoms with van der Waals surface area (Å²) in [6, 6.07) is 0. The van der Waals surface area contributed by atoms with Crippen LogP contribution in [0.4, 0.5) is 0 Å². The lowest BCUT2D eigenvalue weighted by Gasteiger charge is -2.34. The second-order valence-electron chi connectivity index (χ2n) is 5.42. The van der Waals surface area contributed by atoms with Crippen LogP contribution in [0.1, 0.15) is 11.9 Å². The second-order valence-corrected chi connectivity index (χ2v) is 5.42. The number of amides is 2. The first-order valence-corrected chi connectivity index (χ1v) is 7.24. The SMILES string of the molecule is Cn1nnnc1C1CN(C(=O)CN2CCNC(=O)C2)CCO1. The average molecular weight is 309 g/mol. The number of carbonyl (C=O) groups excluding carboxylic acids is 2. The number of piperazine rings is 1. The van der Waals surface area contributed by atoms with Gasteiger partial charge in [-0.1, -0.05) is 0 Å². The largest absolute Gasteiger partial charge is 0.366 e. The van der Waals surface area contributed by atoms with Crippen molar-refractivity contribution < 1.29 is 14.3 Å². The fraction of sp³-hybridized carbons (Fsp3) is 0.750. The van der Waals surface area contributed by atoms with Crippen molar-refractivity contribution >= 4 is 11.8 Å². The summed E-state index contributed by atoms with van der Waals surface area (Å²) in [4.78, 5) is 27.4. The Balaban J connectivity index is 1.58. The van der Waals surface area contributed by atoms with E-state index in [0.29, 0.717) is 38.6 Å². The Morgan fingerprint density at radius 2 is 2.32 bits per heavy atom. The van der Waals surface area contributed by atoms with Crippen LogP contribution in [0, 0.1) is 0 Å². The van der Waals surface area contributed by atoms with Crippen LogP contribution < -0.4 is 5.32 Å². The van der Waals surface area contributed by atoms with Crippen LogP contribution in [0.2, 0.25) is 0 Å². The van der Waals surface area contributed by atoms with Gasteiger partial charge in [0.15, 0.2) is 5.82 Å². The molecule has 1 atom stereocenters. The molecule has 2 saturated heterocycles. The van der Waals surface area contributed by atoms with E-state index in [-0.39, 0.29) is 31.0 Å². The molecule has 0 aromatic carbocycles. The van der Waals surface area contributed by atoms with Crippen molar-refractivity contribution in [2.75, 3.05) is 45.9 Å². The van der Waals surface area contributed by atoms with Crippen molar-refractivity contribution in [2.24, 2.45) is 7.05 Å². The Hall–Kier alpha value is -2.07. The minimum absolute atomic E-state index is 0.00173. The summed E-state index contributed by atoms with van der Waals surface area (Å²) in [5, 5.41) is 14.1. The van der Waals surface area contributed by atoms with E-state index in [9.17, 15) is 9.59 Å². The quantitative estimate of drug-likeness (QED) is 0.660. The maximum atomic E-state index is 12.4. The second kappa shape index (κ2) is 6.36. The maximum Gasteiger partial charge on any atom is 0.236 e. The van der Waals surface area contributed by atoms with Crippen LogP contribution in [0.15, 0.2) is 0 Å². The Kier molecular flexibility index (Phi) is 4.29. The number of morpholine rings is 1. The first-order chi connectivity index (χ1) is 10.6. The van der Waals surface area contributed by atoms with Gasteiger partial charge in [0.25, 0.3) is 0 Å². The van der Waals surface area contributed by atoms with Crippen molar-refractivity contribution in [1.82, 2.24) is 35.3 Å². The summed E-state index contributed by atoms with van der Waals surface area (Å²) >= 11 is 0. The molecule has 3 heterocycles. The van der Waals surface area contributed by atoms with E-state index in [1.165, 1.54) is 0 Å². The van der Waals surface area contributed by atoms with E-state index in [4.69, 9.17) is 4.74 Å². The predicted octanol–water partition coefficient (Wildman–Crippen LogP) is -2.46. The highest BCUT2D eigenvalue weighted by atomic mass is 16.5. The molecule has 1 unspecified atom stereocenters. The molecule has 0 spiro atoms. The molecule has 0 saturated carbocycles. The maximum absolute atomic E-state index is 12.4. The molecule has 10 nitrogen and oxygen atoms in total. The standard InChI is InChI=1S/C12H19N7O3/c1-17-12(14-15-16-17)9-6-19(4-5-22-9)11(21)8-18-3-2-13-10(20)7-18/h9H,2-8H2,1H3,(H,13,20). The third-order valence-corrected chi connectivity index (χ3v) is 3.84. The number of hydrogen-bond acceptors (Lipinski definition) is 7. The molecule has 0 aliphatic carbocycles. The number of ether oxygens (including phenoxy) is 1. The van der Waals surface area contributed by atoms with Gasteiger partial charge in [0, 0.05) is 26.7 Å². The van der Waals surface area contributed by atoms with Gasteiger partial charge in [-0.25, -0.2) is 4.68 Å². The molecule has 1 aromatic heterocycles. The number of nitrogens with one attached hydrogen (secondary N) is 1. The van der Waals surface area contributed by atoms with E-state index in [2.05, 4.69) is 20.8 Å². The summed E-state index contributed by atoms with van der Waals surface area (Å²) in [5.74, 6) is 0.567. The van der Waals surface area contributed by atoms with E-state index in [1.54, 1.807) is 16.6 Å². The molecule has 1 aromatic rings. The zero-order valence-corrected chi connectivity index (χ0v) is 12.4. The molecular formula is C12H19N7O3. The summed E-state index contributed by atoms with van der Waals surface area (Å²) in [5.41, 5.74) is 0. The molecule has 10 heteroatoms. The lowest BCUT2D eigenvalue weighted by Crippen LogP contribution is -2.52. The van der Waals surface area contributed by atoms with Gasteiger partial charge in [-0.15, -0.1) is 5.10 Å². The van der Waals surface area contributed by atoms with Crippen molar-refractivity contribution in [1.29, 1.82) is 0 Å². The normalized spacial score (nSPS) is 23.4. The summed E-state index contributed by atoms with van der Waals surface area (Å²) in [7, 11) is 1.74. The first kappa shape index (κ1) is 14.9. The highest BCUT2D eigenvalue weighted by molar-refractivity contribution is 5.82. The van der Waals surface area contributed by atoms with Crippen molar-refractivity contribution in [3.63, 3.8) is 0 Å². The van der Waals surface area contributed by atoms with E-state index >= 15 is 0 Å². The monoisotopic (exact) mass is 309 g/mol. The molecule has 22 heavy (non-hydrogen) atoms. The van der Waals surface area contributed by atoms with Gasteiger partial charge < -0.3 is 15.0 Å². The Morgan fingerprint density at radius 1 is 1.45 bits per heavy atom. The van der Waals surface area contributed by atoms with Gasteiger partial charge in [-0.05, 0) is 10.4 Å². The van der Waals surface area contributed by atoms with Crippen LogP contribution in [0.3, 0.4) is 0 Å². The fourth-order valence-electron chi connectivity index (χ4n) is 2.66. The predicted molar refractivity (Wildman–Crippen MR) is 73.5 cm³/mol. The van der Waals surface area contributed by atoms with Crippen LogP contribution in [0.5, 0.6) is 0 Å². The van der Waals surface area contributed by atoms with Crippen LogP contribution in [-0.2, 0) is 21.4 Å². The summed E-state index contributed by atoms with van der Waals surface area (Å²) in [6.45, 7) is 3.21. The number of carbonyl (C=O) groups is 2. The van der Waals surface area contributed by atoms with E-state index in [0.717, 1.165) is 0 Å². The van der Waals surface area contributed by atoms with Gasteiger partial charge in [-0.2, -0.15) is 0 Å².